The minimum Gasteiger partial charge on any atom is -0.481 e. The Kier molecular flexibility index (Phi) is 6.01. The summed E-state index contributed by atoms with van der Waals surface area (Å²) in [5.74, 6) is -0.202. The summed E-state index contributed by atoms with van der Waals surface area (Å²) in [7, 11) is 1.63. The van der Waals surface area contributed by atoms with Crippen LogP contribution in [0.2, 0.25) is 0 Å². The van der Waals surface area contributed by atoms with Crippen LogP contribution in [0.15, 0.2) is 29.4 Å². The summed E-state index contributed by atoms with van der Waals surface area (Å²) in [6.07, 6.45) is 0. The maximum Gasteiger partial charge on any atom is 0.313 e. The summed E-state index contributed by atoms with van der Waals surface area (Å²) >= 11 is 1.16. The number of carbonyl (C=O) groups is 1. The molecule has 1 aromatic carbocycles. The van der Waals surface area contributed by atoms with E-state index in [1.165, 1.54) is 5.56 Å². The molecule has 0 aliphatic carbocycles. The van der Waals surface area contributed by atoms with Crippen molar-refractivity contribution >= 4 is 17.7 Å². The molecular formula is C17H23N3O3S. The van der Waals surface area contributed by atoms with Crippen LogP contribution in [-0.2, 0) is 21.5 Å². The lowest BCUT2D eigenvalue weighted by Crippen LogP contribution is -2.11. The van der Waals surface area contributed by atoms with Crippen molar-refractivity contribution in [2.75, 3.05) is 19.5 Å². The second-order valence-corrected chi connectivity index (χ2v) is 7.40. The number of carboxylic acids is 1. The summed E-state index contributed by atoms with van der Waals surface area (Å²) < 4.78 is 7.05. The summed E-state index contributed by atoms with van der Waals surface area (Å²) in [5, 5.41) is 17.9. The van der Waals surface area contributed by atoms with E-state index in [1.807, 2.05) is 16.7 Å². The summed E-state index contributed by atoms with van der Waals surface area (Å²) in [5.41, 5.74) is 2.29. The van der Waals surface area contributed by atoms with Crippen molar-refractivity contribution in [2.45, 2.75) is 37.9 Å². The highest BCUT2D eigenvalue weighted by Gasteiger charge is 2.17. The van der Waals surface area contributed by atoms with Gasteiger partial charge in [-0.3, -0.25) is 9.36 Å². The Hall–Kier alpha value is -1.86. The van der Waals surface area contributed by atoms with Crippen molar-refractivity contribution < 1.29 is 14.6 Å². The van der Waals surface area contributed by atoms with Crippen molar-refractivity contribution in [3.63, 3.8) is 0 Å². The predicted molar refractivity (Wildman–Crippen MR) is 94.4 cm³/mol. The van der Waals surface area contributed by atoms with Crippen LogP contribution in [0.3, 0.4) is 0 Å². The van der Waals surface area contributed by atoms with E-state index in [2.05, 4.69) is 43.1 Å². The number of hydrogen-bond acceptors (Lipinski definition) is 5. The molecule has 7 heteroatoms. The zero-order chi connectivity index (χ0) is 17.7. The van der Waals surface area contributed by atoms with E-state index in [9.17, 15) is 4.79 Å². The molecule has 0 saturated heterocycles. The van der Waals surface area contributed by atoms with Gasteiger partial charge in [-0.2, -0.15) is 0 Å². The van der Waals surface area contributed by atoms with Crippen LogP contribution < -0.4 is 0 Å². The van der Waals surface area contributed by atoms with Gasteiger partial charge in [0, 0.05) is 12.7 Å². The number of aliphatic carboxylic acids is 1. The van der Waals surface area contributed by atoms with E-state index >= 15 is 0 Å². The van der Waals surface area contributed by atoms with Crippen LogP contribution in [0.4, 0.5) is 0 Å². The number of nitrogens with zero attached hydrogens (tertiary/aromatic N) is 3. The van der Waals surface area contributed by atoms with Crippen molar-refractivity contribution in [1.82, 2.24) is 14.8 Å². The van der Waals surface area contributed by atoms with Gasteiger partial charge in [0.25, 0.3) is 0 Å². The first-order valence-electron chi connectivity index (χ1n) is 7.70. The van der Waals surface area contributed by atoms with Gasteiger partial charge < -0.3 is 9.84 Å². The lowest BCUT2D eigenvalue weighted by atomic mass is 9.87. The van der Waals surface area contributed by atoms with E-state index in [0.717, 1.165) is 23.1 Å². The van der Waals surface area contributed by atoms with Gasteiger partial charge in [0.15, 0.2) is 11.0 Å². The van der Waals surface area contributed by atoms with Crippen LogP contribution >= 0.6 is 11.8 Å². The number of ether oxygens (including phenoxy) is 1. The summed E-state index contributed by atoms with van der Waals surface area (Å²) in [6, 6.07) is 8.24. The smallest absolute Gasteiger partial charge is 0.313 e. The fraction of sp³-hybridized carbons (Fsp3) is 0.471. The van der Waals surface area contributed by atoms with Crippen molar-refractivity contribution in [3.05, 3.63) is 29.8 Å². The standard InChI is InChI=1S/C17H23N3O3S/c1-17(2,3)13-7-5-12(6-8-13)15-18-19-16(24-11-14(21)22)20(15)9-10-23-4/h5-8H,9-11H2,1-4H3,(H,21,22). The molecule has 0 fully saturated rings. The van der Waals surface area contributed by atoms with Gasteiger partial charge in [-0.25, -0.2) is 0 Å². The molecule has 0 bridgehead atoms. The molecule has 6 nitrogen and oxygen atoms in total. The Bertz CT molecular complexity index is 690. The largest absolute Gasteiger partial charge is 0.481 e. The van der Waals surface area contributed by atoms with Gasteiger partial charge in [-0.05, 0) is 11.0 Å². The molecule has 0 saturated carbocycles. The van der Waals surface area contributed by atoms with Gasteiger partial charge >= 0.3 is 5.97 Å². The third-order valence-corrected chi connectivity index (χ3v) is 4.52. The first kappa shape index (κ1) is 18.5. The first-order valence-corrected chi connectivity index (χ1v) is 8.69. The Morgan fingerprint density at radius 1 is 1.25 bits per heavy atom. The number of thioether (sulfide) groups is 1. The predicted octanol–water partition coefficient (Wildman–Crippen LogP) is 3.07. The Labute approximate surface area is 146 Å². The lowest BCUT2D eigenvalue weighted by Gasteiger charge is -2.19. The van der Waals surface area contributed by atoms with Gasteiger partial charge in [0.1, 0.15) is 0 Å². The van der Waals surface area contributed by atoms with E-state index in [-0.39, 0.29) is 11.2 Å². The number of benzene rings is 1. The van der Waals surface area contributed by atoms with Crippen LogP contribution in [-0.4, -0.2) is 45.3 Å². The average Bonchev–Trinajstić information content (AvgIpc) is 2.93. The number of hydrogen-bond donors (Lipinski definition) is 1. The van der Waals surface area contributed by atoms with Gasteiger partial charge in [-0.15, -0.1) is 10.2 Å². The molecule has 130 valence electrons. The molecule has 2 aromatic rings. The Balaban J connectivity index is 2.32. The van der Waals surface area contributed by atoms with Crippen molar-refractivity contribution in [2.24, 2.45) is 0 Å². The number of rotatable bonds is 7. The minimum absolute atomic E-state index is 0.0475. The van der Waals surface area contributed by atoms with Crippen molar-refractivity contribution in [3.8, 4) is 11.4 Å². The number of methoxy groups -OCH3 is 1. The van der Waals surface area contributed by atoms with Crippen LogP contribution in [0.5, 0.6) is 0 Å². The zero-order valence-electron chi connectivity index (χ0n) is 14.4. The topological polar surface area (TPSA) is 77.2 Å². The number of aromatic nitrogens is 3. The quantitative estimate of drug-likeness (QED) is 0.774. The third-order valence-electron chi connectivity index (χ3n) is 3.57. The highest BCUT2D eigenvalue weighted by atomic mass is 32.2. The molecule has 0 unspecified atom stereocenters. The van der Waals surface area contributed by atoms with Gasteiger partial charge in [0.05, 0.1) is 18.9 Å². The molecule has 0 amide bonds. The molecule has 0 radical (unpaired) electrons. The summed E-state index contributed by atoms with van der Waals surface area (Å²) in [6.45, 7) is 7.59. The normalized spacial score (nSPS) is 11.7. The molecule has 2 rings (SSSR count). The maximum atomic E-state index is 10.8. The van der Waals surface area contributed by atoms with E-state index < -0.39 is 5.97 Å². The maximum absolute atomic E-state index is 10.8. The molecule has 0 atom stereocenters. The molecule has 0 spiro atoms. The van der Waals surface area contributed by atoms with Crippen molar-refractivity contribution in [1.29, 1.82) is 0 Å². The third kappa shape index (κ3) is 4.58. The van der Waals surface area contributed by atoms with Crippen LogP contribution in [0.1, 0.15) is 26.3 Å². The average molecular weight is 349 g/mol. The zero-order valence-corrected chi connectivity index (χ0v) is 15.3. The lowest BCUT2D eigenvalue weighted by molar-refractivity contribution is -0.133. The highest BCUT2D eigenvalue weighted by molar-refractivity contribution is 7.99. The molecule has 1 heterocycles. The minimum atomic E-state index is -0.877. The number of carboxylic acid groups (broad SMARTS) is 1. The first-order chi connectivity index (χ1) is 11.3. The molecule has 24 heavy (non-hydrogen) atoms. The fourth-order valence-corrected chi connectivity index (χ4v) is 2.92. The van der Waals surface area contributed by atoms with E-state index in [4.69, 9.17) is 9.84 Å². The second kappa shape index (κ2) is 7.81. The van der Waals surface area contributed by atoms with Gasteiger partial charge in [0.2, 0.25) is 0 Å². The molecule has 0 aliphatic rings. The highest BCUT2D eigenvalue weighted by Crippen LogP contribution is 2.27. The Morgan fingerprint density at radius 3 is 2.46 bits per heavy atom. The summed E-state index contributed by atoms with van der Waals surface area (Å²) in [4.78, 5) is 10.8. The fourth-order valence-electron chi connectivity index (χ4n) is 2.24. The van der Waals surface area contributed by atoms with Crippen LogP contribution in [0, 0.1) is 0 Å². The monoisotopic (exact) mass is 349 g/mol. The second-order valence-electron chi connectivity index (χ2n) is 6.46. The van der Waals surface area contributed by atoms with Crippen LogP contribution in [0.25, 0.3) is 11.4 Å². The van der Waals surface area contributed by atoms with E-state index in [1.54, 1.807) is 7.11 Å². The SMILES string of the molecule is COCCn1c(SCC(=O)O)nnc1-c1ccc(C(C)(C)C)cc1. The van der Waals surface area contributed by atoms with Gasteiger partial charge in [-0.1, -0.05) is 56.8 Å². The molecule has 1 N–H and O–H groups in total. The molecule has 0 aliphatic heterocycles. The van der Waals surface area contributed by atoms with E-state index in [0.29, 0.717) is 18.3 Å². The molecular weight excluding hydrogens is 326 g/mol. The Morgan fingerprint density at radius 2 is 1.92 bits per heavy atom. The molecule has 1 aromatic heterocycles.